The number of imide groups is 1. The number of carbonyl (C=O) groups is 2. The molecule has 0 unspecified atom stereocenters. The molecule has 0 saturated carbocycles. The Hall–Kier alpha value is -3.86. The Balaban J connectivity index is 1.77. The third-order valence-corrected chi connectivity index (χ3v) is 5.19. The number of anilines is 2. The second-order valence-corrected chi connectivity index (χ2v) is 7.91. The molecule has 0 aliphatic carbocycles. The van der Waals surface area contributed by atoms with Crippen molar-refractivity contribution in [2.45, 2.75) is 27.2 Å². The molecule has 0 spiro atoms. The van der Waals surface area contributed by atoms with Gasteiger partial charge in [0.25, 0.3) is 11.8 Å². The summed E-state index contributed by atoms with van der Waals surface area (Å²) in [7, 11) is 0. The molecule has 1 aliphatic heterocycles. The molecule has 5 heteroatoms. The van der Waals surface area contributed by atoms with Gasteiger partial charge in [-0.2, -0.15) is 0 Å². The standard InChI is InChI=1S/C27H26N2O3/c1-4-13-32-23-12-8-11-21(17-23)28-25-24(20-9-6-5-7-10-20)26(30)29(27(25)31)22-15-18(2)14-19(3)16-22/h5-12,14-17,28H,4,13H2,1-3H3. The van der Waals surface area contributed by atoms with Crippen molar-refractivity contribution < 1.29 is 14.3 Å². The number of rotatable bonds is 7. The summed E-state index contributed by atoms with van der Waals surface area (Å²) in [6.45, 7) is 6.56. The number of hydrogen-bond acceptors (Lipinski definition) is 4. The molecule has 4 rings (SSSR count). The quantitative estimate of drug-likeness (QED) is 0.508. The zero-order chi connectivity index (χ0) is 22.7. The predicted molar refractivity (Wildman–Crippen MR) is 128 cm³/mol. The lowest BCUT2D eigenvalue weighted by Gasteiger charge is -2.17. The van der Waals surface area contributed by atoms with Gasteiger partial charge in [0.05, 0.1) is 17.9 Å². The van der Waals surface area contributed by atoms with Crippen LogP contribution in [0.3, 0.4) is 0 Å². The fourth-order valence-electron chi connectivity index (χ4n) is 3.86. The van der Waals surface area contributed by atoms with Crippen molar-refractivity contribution in [3.05, 3.63) is 95.2 Å². The van der Waals surface area contributed by atoms with E-state index in [1.165, 1.54) is 4.90 Å². The largest absolute Gasteiger partial charge is 0.494 e. The van der Waals surface area contributed by atoms with E-state index in [0.717, 1.165) is 17.5 Å². The van der Waals surface area contributed by atoms with Gasteiger partial charge in [0.2, 0.25) is 0 Å². The zero-order valence-electron chi connectivity index (χ0n) is 18.5. The highest BCUT2D eigenvalue weighted by molar-refractivity contribution is 6.46. The average molecular weight is 427 g/mol. The van der Waals surface area contributed by atoms with E-state index in [9.17, 15) is 9.59 Å². The van der Waals surface area contributed by atoms with Crippen LogP contribution in [0, 0.1) is 13.8 Å². The fraction of sp³-hybridized carbons (Fsp3) is 0.185. The smallest absolute Gasteiger partial charge is 0.282 e. The molecule has 2 amide bonds. The van der Waals surface area contributed by atoms with Crippen molar-refractivity contribution >= 4 is 28.8 Å². The van der Waals surface area contributed by atoms with E-state index in [1.807, 2.05) is 93.6 Å². The average Bonchev–Trinajstić information content (AvgIpc) is 3.02. The number of aryl methyl sites for hydroxylation is 2. The second-order valence-electron chi connectivity index (χ2n) is 7.91. The van der Waals surface area contributed by atoms with Gasteiger partial charge in [-0.05, 0) is 61.2 Å². The van der Waals surface area contributed by atoms with Gasteiger partial charge in [0.15, 0.2) is 0 Å². The summed E-state index contributed by atoms with van der Waals surface area (Å²) in [4.78, 5) is 28.3. The summed E-state index contributed by atoms with van der Waals surface area (Å²) >= 11 is 0. The minimum atomic E-state index is -0.376. The second kappa shape index (κ2) is 9.10. The van der Waals surface area contributed by atoms with Gasteiger partial charge in [-0.15, -0.1) is 0 Å². The molecule has 32 heavy (non-hydrogen) atoms. The molecule has 1 N–H and O–H groups in total. The molecular formula is C27H26N2O3. The Morgan fingerprint density at radius 3 is 2.25 bits per heavy atom. The van der Waals surface area contributed by atoms with Crippen molar-refractivity contribution in [2.24, 2.45) is 0 Å². The molecule has 0 fully saturated rings. The molecule has 0 saturated heterocycles. The summed E-state index contributed by atoms with van der Waals surface area (Å²) in [5.41, 5.74) is 4.54. The Morgan fingerprint density at radius 2 is 1.56 bits per heavy atom. The minimum absolute atomic E-state index is 0.257. The van der Waals surface area contributed by atoms with Gasteiger partial charge < -0.3 is 10.1 Å². The van der Waals surface area contributed by atoms with Gasteiger partial charge in [0.1, 0.15) is 11.4 Å². The van der Waals surface area contributed by atoms with Crippen LogP contribution in [0.2, 0.25) is 0 Å². The number of carbonyl (C=O) groups excluding carboxylic acids is 2. The monoisotopic (exact) mass is 426 g/mol. The Bertz CT molecular complexity index is 1180. The number of nitrogens with one attached hydrogen (secondary N) is 1. The van der Waals surface area contributed by atoms with Crippen LogP contribution in [-0.4, -0.2) is 18.4 Å². The molecule has 3 aromatic rings. The summed E-state index contributed by atoms with van der Waals surface area (Å²) in [5, 5.41) is 3.20. The summed E-state index contributed by atoms with van der Waals surface area (Å²) in [6, 6.07) is 22.4. The molecule has 0 atom stereocenters. The molecule has 0 bridgehead atoms. The minimum Gasteiger partial charge on any atom is -0.494 e. The van der Waals surface area contributed by atoms with Crippen LogP contribution in [-0.2, 0) is 9.59 Å². The molecule has 0 aromatic heterocycles. The maximum Gasteiger partial charge on any atom is 0.282 e. The van der Waals surface area contributed by atoms with Crippen molar-refractivity contribution in [3.63, 3.8) is 0 Å². The lowest BCUT2D eigenvalue weighted by molar-refractivity contribution is -0.120. The Kier molecular flexibility index (Phi) is 6.08. The lowest BCUT2D eigenvalue weighted by Crippen LogP contribution is -2.32. The SMILES string of the molecule is CCCOc1cccc(NC2=C(c3ccccc3)C(=O)N(c3cc(C)cc(C)c3)C2=O)c1. The van der Waals surface area contributed by atoms with E-state index < -0.39 is 0 Å². The predicted octanol–water partition coefficient (Wildman–Crippen LogP) is 5.49. The molecule has 0 radical (unpaired) electrons. The summed E-state index contributed by atoms with van der Waals surface area (Å²) < 4.78 is 5.72. The van der Waals surface area contributed by atoms with Crippen LogP contribution in [0.25, 0.3) is 5.57 Å². The van der Waals surface area contributed by atoms with Crippen LogP contribution < -0.4 is 15.0 Å². The van der Waals surface area contributed by atoms with Crippen LogP contribution in [0.15, 0.2) is 78.5 Å². The molecule has 1 heterocycles. The van der Waals surface area contributed by atoms with E-state index in [-0.39, 0.29) is 17.5 Å². The van der Waals surface area contributed by atoms with Gasteiger partial charge >= 0.3 is 0 Å². The third-order valence-electron chi connectivity index (χ3n) is 5.19. The number of hydrogen-bond donors (Lipinski definition) is 1. The van der Waals surface area contributed by atoms with Gasteiger partial charge in [0, 0.05) is 11.8 Å². The Morgan fingerprint density at radius 1 is 0.844 bits per heavy atom. The maximum atomic E-state index is 13.5. The first-order valence-corrected chi connectivity index (χ1v) is 10.7. The van der Waals surface area contributed by atoms with E-state index in [4.69, 9.17) is 4.74 Å². The number of benzene rings is 3. The van der Waals surface area contributed by atoms with Crippen LogP contribution in [0.5, 0.6) is 5.75 Å². The van der Waals surface area contributed by atoms with Crippen LogP contribution >= 0.6 is 0 Å². The maximum absolute atomic E-state index is 13.5. The topological polar surface area (TPSA) is 58.6 Å². The van der Waals surface area contributed by atoms with E-state index in [0.29, 0.717) is 34.9 Å². The van der Waals surface area contributed by atoms with Crippen molar-refractivity contribution in [1.29, 1.82) is 0 Å². The molecular weight excluding hydrogens is 400 g/mol. The normalized spacial score (nSPS) is 13.7. The first kappa shape index (κ1) is 21.4. The highest BCUT2D eigenvalue weighted by Gasteiger charge is 2.40. The van der Waals surface area contributed by atoms with Crippen molar-refractivity contribution in [2.75, 3.05) is 16.8 Å². The van der Waals surface area contributed by atoms with Crippen LogP contribution in [0.4, 0.5) is 11.4 Å². The Labute approximate surface area is 188 Å². The zero-order valence-corrected chi connectivity index (χ0v) is 18.5. The lowest BCUT2D eigenvalue weighted by atomic mass is 10.0. The summed E-state index contributed by atoms with van der Waals surface area (Å²) in [5.74, 6) is -0.00697. The fourth-order valence-corrected chi connectivity index (χ4v) is 3.86. The summed E-state index contributed by atoms with van der Waals surface area (Å²) in [6.07, 6.45) is 0.902. The van der Waals surface area contributed by atoms with E-state index in [2.05, 4.69) is 5.32 Å². The highest BCUT2D eigenvalue weighted by Crippen LogP contribution is 2.34. The number of amides is 2. The van der Waals surface area contributed by atoms with Gasteiger partial charge in [-0.25, -0.2) is 4.90 Å². The number of nitrogens with zero attached hydrogens (tertiary/aromatic N) is 1. The molecule has 5 nitrogen and oxygen atoms in total. The third kappa shape index (κ3) is 4.28. The molecule has 162 valence electrons. The van der Waals surface area contributed by atoms with Gasteiger partial charge in [-0.3, -0.25) is 9.59 Å². The molecule has 1 aliphatic rings. The van der Waals surface area contributed by atoms with Crippen molar-refractivity contribution in [1.82, 2.24) is 0 Å². The van der Waals surface area contributed by atoms with E-state index in [1.54, 1.807) is 0 Å². The van der Waals surface area contributed by atoms with Gasteiger partial charge in [-0.1, -0.05) is 49.4 Å². The van der Waals surface area contributed by atoms with Crippen molar-refractivity contribution in [3.8, 4) is 5.75 Å². The first-order chi connectivity index (χ1) is 15.5. The number of ether oxygens (including phenoxy) is 1. The highest BCUT2D eigenvalue weighted by atomic mass is 16.5. The molecule has 3 aromatic carbocycles. The van der Waals surface area contributed by atoms with E-state index >= 15 is 0 Å². The first-order valence-electron chi connectivity index (χ1n) is 10.7. The van der Waals surface area contributed by atoms with Crippen LogP contribution in [0.1, 0.15) is 30.0 Å².